The Balaban J connectivity index is 1.73. The highest BCUT2D eigenvalue weighted by Crippen LogP contribution is 2.36. The Morgan fingerprint density at radius 3 is 2.77 bits per heavy atom. The summed E-state index contributed by atoms with van der Waals surface area (Å²) in [5, 5.41) is 5.58. The third-order valence-corrected chi connectivity index (χ3v) is 3.74. The molecule has 0 fully saturated rings. The summed E-state index contributed by atoms with van der Waals surface area (Å²) in [4.78, 5) is 13.3. The van der Waals surface area contributed by atoms with Crippen molar-refractivity contribution in [3.63, 3.8) is 0 Å². The van der Waals surface area contributed by atoms with Crippen molar-refractivity contribution in [3.05, 3.63) is 60.6 Å². The predicted molar refractivity (Wildman–Crippen MR) is 85.6 cm³/mol. The molecule has 1 aliphatic heterocycles. The SMILES string of the molecule is c1cc2c3c(cccc3c1)NC(c1nc3cccnc3o1)=N2. The molecule has 0 saturated carbocycles. The molecule has 0 saturated heterocycles. The Hall–Kier alpha value is -3.21. The molecule has 0 amide bonds. The zero-order chi connectivity index (χ0) is 14.5. The molecule has 0 spiro atoms. The van der Waals surface area contributed by atoms with Gasteiger partial charge in [-0.2, -0.15) is 0 Å². The van der Waals surface area contributed by atoms with E-state index in [9.17, 15) is 0 Å². The van der Waals surface area contributed by atoms with Crippen molar-refractivity contribution in [1.82, 2.24) is 9.97 Å². The van der Waals surface area contributed by atoms with E-state index in [0.717, 1.165) is 27.7 Å². The lowest BCUT2D eigenvalue weighted by molar-refractivity contribution is 0.579. The fourth-order valence-electron chi connectivity index (χ4n) is 2.77. The molecular weight excluding hydrogens is 276 g/mol. The monoisotopic (exact) mass is 286 g/mol. The van der Waals surface area contributed by atoms with Crippen molar-refractivity contribution in [2.75, 3.05) is 5.32 Å². The second-order valence-electron chi connectivity index (χ2n) is 5.11. The summed E-state index contributed by atoms with van der Waals surface area (Å²) in [5.41, 5.74) is 3.16. The van der Waals surface area contributed by atoms with Gasteiger partial charge in [0.2, 0.25) is 5.71 Å². The minimum absolute atomic E-state index is 0.445. The summed E-state index contributed by atoms with van der Waals surface area (Å²) >= 11 is 0. The highest BCUT2D eigenvalue weighted by Gasteiger charge is 2.19. The van der Waals surface area contributed by atoms with Crippen LogP contribution in [-0.4, -0.2) is 15.8 Å². The first-order chi connectivity index (χ1) is 10.9. The van der Waals surface area contributed by atoms with Crippen molar-refractivity contribution in [2.24, 2.45) is 4.99 Å². The van der Waals surface area contributed by atoms with Gasteiger partial charge in [0.15, 0.2) is 5.84 Å². The molecule has 2 aromatic heterocycles. The fraction of sp³-hybridized carbons (Fsp3) is 0. The van der Waals surface area contributed by atoms with Crippen LogP contribution in [0.2, 0.25) is 0 Å². The third-order valence-electron chi connectivity index (χ3n) is 3.74. The van der Waals surface area contributed by atoms with E-state index in [0.29, 0.717) is 17.4 Å². The highest BCUT2D eigenvalue weighted by atomic mass is 16.4. The van der Waals surface area contributed by atoms with Crippen LogP contribution in [0.25, 0.3) is 22.0 Å². The molecule has 104 valence electrons. The number of amidine groups is 1. The number of nitrogens with zero attached hydrogens (tertiary/aromatic N) is 3. The zero-order valence-electron chi connectivity index (χ0n) is 11.4. The van der Waals surface area contributed by atoms with Crippen LogP contribution in [0.3, 0.4) is 0 Å². The number of hydrogen-bond donors (Lipinski definition) is 1. The summed E-state index contributed by atoms with van der Waals surface area (Å²) in [7, 11) is 0. The maximum Gasteiger partial charge on any atom is 0.265 e. The molecular formula is C17H10N4O. The van der Waals surface area contributed by atoms with Gasteiger partial charge in [0, 0.05) is 17.3 Å². The first-order valence-electron chi connectivity index (χ1n) is 6.98. The molecule has 0 radical (unpaired) electrons. The first-order valence-corrected chi connectivity index (χ1v) is 6.98. The number of benzene rings is 2. The van der Waals surface area contributed by atoms with Crippen LogP contribution < -0.4 is 5.32 Å². The van der Waals surface area contributed by atoms with Gasteiger partial charge in [0.05, 0.1) is 5.69 Å². The molecule has 5 rings (SSSR count). The standard InChI is InChI=1S/C17H10N4O/c1-4-10-5-2-7-12-14(10)11(6-1)19-15(20-12)17-21-13-8-3-9-18-16(13)22-17/h1-9H,(H,19,20). The molecule has 2 aromatic carbocycles. The number of fused-ring (bicyclic) bond motifs is 1. The van der Waals surface area contributed by atoms with Crippen molar-refractivity contribution in [3.8, 4) is 0 Å². The number of pyridine rings is 1. The maximum absolute atomic E-state index is 5.70. The molecule has 0 atom stereocenters. The maximum atomic E-state index is 5.70. The molecule has 5 nitrogen and oxygen atoms in total. The molecule has 1 N–H and O–H groups in total. The van der Waals surface area contributed by atoms with Crippen molar-refractivity contribution < 1.29 is 4.42 Å². The van der Waals surface area contributed by atoms with E-state index in [1.54, 1.807) is 6.20 Å². The Bertz CT molecular complexity index is 1030. The van der Waals surface area contributed by atoms with Gasteiger partial charge in [-0.05, 0) is 29.7 Å². The van der Waals surface area contributed by atoms with E-state index in [4.69, 9.17) is 4.42 Å². The molecule has 1 aliphatic rings. The average molecular weight is 286 g/mol. The van der Waals surface area contributed by atoms with Crippen LogP contribution in [0.15, 0.2) is 64.1 Å². The summed E-state index contributed by atoms with van der Waals surface area (Å²) in [6.07, 6.45) is 1.68. The van der Waals surface area contributed by atoms with Crippen LogP contribution in [0.1, 0.15) is 5.89 Å². The number of rotatable bonds is 1. The van der Waals surface area contributed by atoms with E-state index in [1.807, 2.05) is 36.4 Å². The fourth-order valence-corrected chi connectivity index (χ4v) is 2.77. The Morgan fingerprint density at radius 1 is 0.955 bits per heavy atom. The minimum Gasteiger partial charge on any atom is -0.414 e. The van der Waals surface area contributed by atoms with E-state index in [1.165, 1.54) is 0 Å². The molecule has 4 aromatic rings. The van der Waals surface area contributed by atoms with Gasteiger partial charge >= 0.3 is 0 Å². The lowest BCUT2D eigenvalue weighted by Gasteiger charge is -2.16. The smallest absolute Gasteiger partial charge is 0.265 e. The van der Waals surface area contributed by atoms with Crippen LogP contribution in [0.5, 0.6) is 0 Å². The third kappa shape index (κ3) is 1.56. The topological polar surface area (TPSA) is 63.3 Å². The van der Waals surface area contributed by atoms with E-state index >= 15 is 0 Å². The van der Waals surface area contributed by atoms with Crippen LogP contribution in [-0.2, 0) is 0 Å². The molecule has 5 heteroatoms. The van der Waals surface area contributed by atoms with Gasteiger partial charge in [-0.25, -0.2) is 15.0 Å². The Morgan fingerprint density at radius 2 is 1.86 bits per heavy atom. The summed E-state index contributed by atoms with van der Waals surface area (Å²) in [5.74, 6) is 1.05. The summed E-state index contributed by atoms with van der Waals surface area (Å²) < 4.78 is 5.70. The molecule has 3 heterocycles. The molecule has 0 bridgehead atoms. The number of anilines is 1. The van der Waals surface area contributed by atoms with Crippen molar-refractivity contribution in [1.29, 1.82) is 0 Å². The average Bonchev–Trinajstić information content (AvgIpc) is 2.99. The number of aromatic nitrogens is 2. The van der Waals surface area contributed by atoms with Crippen LogP contribution in [0.4, 0.5) is 11.4 Å². The van der Waals surface area contributed by atoms with Crippen molar-refractivity contribution in [2.45, 2.75) is 0 Å². The molecule has 0 unspecified atom stereocenters. The zero-order valence-corrected chi connectivity index (χ0v) is 11.4. The van der Waals surface area contributed by atoms with Crippen molar-refractivity contribution >= 4 is 39.2 Å². The van der Waals surface area contributed by atoms with Crippen LogP contribution >= 0.6 is 0 Å². The van der Waals surface area contributed by atoms with Gasteiger partial charge in [0.1, 0.15) is 5.52 Å². The first kappa shape index (κ1) is 11.4. The quantitative estimate of drug-likeness (QED) is 0.576. The normalized spacial score (nSPS) is 13.2. The minimum atomic E-state index is 0.445. The molecule has 22 heavy (non-hydrogen) atoms. The largest absolute Gasteiger partial charge is 0.414 e. The van der Waals surface area contributed by atoms with Crippen LogP contribution in [0, 0.1) is 0 Å². The molecule has 0 aliphatic carbocycles. The van der Waals surface area contributed by atoms with Gasteiger partial charge in [-0.3, -0.25) is 0 Å². The van der Waals surface area contributed by atoms with E-state index in [-0.39, 0.29) is 0 Å². The Labute approximate surface area is 125 Å². The second-order valence-corrected chi connectivity index (χ2v) is 5.11. The second kappa shape index (κ2) is 4.14. The number of nitrogens with one attached hydrogen (secondary N) is 1. The van der Waals surface area contributed by atoms with Gasteiger partial charge < -0.3 is 9.73 Å². The lowest BCUT2D eigenvalue weighted by Crippen LogP contribution is -2.16. The van der Waals surface area contributed by atoms with Gasteiger partial charge in [-0.1, -0.05) is 24.3 Å². The van der Waals surface area contributed by atoms with E-state index in [2.05, 4.69) is 32.4 Å². The van der Waals surface area contributed by atoms with E-state index < -0.39 is 0 Å². The highest BCUT2D eigenvalue weighted by molar-refractivity contribution is 6.17. The van der Waals surface area contributed by atoms with Gasteiger partial charge in [0.25, 0.3) is 5.89 Å². The number of oxazole rings is 1. The Kier molecular flexibility index (Phi) is 2.16. The predicted octanol–water partition coefficient (Wildman–Crippen LogP) is 3.88. The number of hydrogen-bond acceptors (Lipinski definition) is 5. The van der Waals surface area contributed by atoms with Gasteiger partial charge in [-0.15, -0.1) is 0 Å². The number of aliphatic imine (C=N–C) groups is 1. The lowest BCUT2D eigenvalue weighted by atomic mass is 10.1. The summed E-state index contributed by atoms with van der Waals surface area (Å²) in [6, 6.07) is 15.9. The summed E-state index contributed by atoms with van der Waals surface area (Å²) in [6.45, 7) is 0.